The average Bonchev–Trinajstić information content (AvgIpc) is 2.54. The van der Waals surface area contributed by atoms with Gasteiger partial charge < -0.3 is 14.5 Å². The summed E-state index contributed by atoms with van der Waals surface area (Å²) in [6.45, 7) is 5.56. The maximum absolute atomic E-state index is 12.3. The molecule has 0 saturated carbocycles. The van der Waals surface area contributed by atoms with E-state index in [-0.39, 0.29) is 12.0 Å². The van der Waals surface area contributed by atoms with Gasteiger partial charge in [-0.25, -0.2) is 4.79 Å². The minimum atomic E-state index is -0.437. The molecule has 0 aliphatic carbocycles. The lowest BCUT2D eigenvalue weighted by Gasteiger charge is -2.14. The van der Waals surface area contributed by atoms with Crippen molar-refractivity contribution in [2.45, 2.75) is 39.7 Å². The Morgan fingerprint density at radius 1 is 1.16 bits per heavy atom. The molecule has 1 heterocycles. The van der Waals surface area contributed by atoms with Crippen molar-refractivity contribution in [1.29, 1.82) is 0 Å². The molecule has 1 aromatic heterocycles. The van der Waals surface area contributed by atoms with Gasteiger partial charge in [-0.3, -0.25) is 4.79 Å². The zero-order chi connectivity index (χ0) is 18.0. The number of anilines is 1. The van der Waals surface area contributed by atoms with Gasteiger partial charge in [0.2, 0.25) is 5.91 Å². The average molecular weight is 339 g/mol. The number of rotatable bonds is 5. The fourth-order valence-electron chi connectivity index (χ4n) is 2.96. The van der Waals surface area contributed by atoms with Crippen LogP contribution in [0.15, 0.2) is 45.6 Å². The summed E-state index contributed by atoms with van der Waals surface area (Å²) >= 11 is 0. The Kier molecular flexibility index (Phi) is 4.74. The highest BCUT2D eigenvalue weighted by Gasteiger charge is 2.11. The van der Waals surface area contributed by atoms with Crippen LogP contribution in [-0.2, 0) is 4.79 Å². The lowest BCUT2D eigenvalue weighted by atomic mass is 10.1. The molecule has 130 valence electrons. The van der Waals surface area contributed by atoms with Gasteiger partial charge in [0.1, 0.15) is 11.3 Å². The molecule has 3 rings (SSSR count). The standard InChI is InChI=1S/C20H21NO4/c1-4-5-12(2)24-15-7-9-17-16-8-6-14(21-13(3)22)10-18(16)20(23)25-19(17)11-15/h6-12H,4-5H2,1-3H3,(H,21,22). The van der Waals surface area contributed by atoms with Gasteiger partial charge in [0.15, 0.2) is 0 Å². The first-order valence-electron chi connectivity index (χ1n) is 8.43. The summed E-state index contributed by atoms with van der Waals surface area (Å²) in [4.78, 5) is 23.5. The number of amides is 1. The molecule has 3 aromatic rings. The smallest absolute Gasteiger partial charge is 0.344 e. The second-order valence-corrected chi connectivity index (χ2v) is 6.21. The molecule has 0 fully saturated rings. The summed E-state index contributed by atoms with van der Waals surface area (Å²) in [6, 6.07) is 10.8. The molecular formula is C20H21NO4. The van der Waals surface area contributed by atoms with Crippen LogP contribution < -0.4 is 15.7 Å². The van der Waals surface area contributed by atoms with E-state index in [1.54, 1.807) is 18.2 Å². The van der Waals surface area contributed by atoms with E-state index in [0.29, 0.717) is 22.4 Å². The fraction of sp³-hybridized carbons (Fsp3) is 0.300. The lowest BCUT2D eigenvalue weighted by molar-refractivity contribution is -0.114. The lowest BCUT2D eigenvalue weighted by Crippen LogP contribution is -2.11. The molecule has 5 nitrogen and oxygen atoms in total. The summed E-state index contributed by atoms with van der Waals surface area (Å²) in [7, 11) is 0. The Morgan fingerprint density at radius 2 is 1.92 bits per heavy atom. The van der Waals surface area contributed by atoms with Gasteiger partial charge in [-0.1, -0.05) is 19.4 Å². The Morgan fingerprint density at radius 3 is 2.64 bits per heavy atom. The van der Waals surface area contributed by atoms with E-state index >= 15 is 0 Å². The summed E-state index contributed by atoms with van der Waals surface area (Å²) in [5.74, 6) is 0.498. The van der Waals surface area contributed by atoms with Crippen molar-refractivity contribution < 1.29 is 13.9 Å². The Balaban J connectivity index is 2.06. The minimum Gasteiger partial charge on any atom is -0.491 e. The molecule has 1 atom stereocenters. The number of ether oxygens (including phenoxy) is 1. The second kappa shape index (κ2) is 6.97. The van der Waals surface area contributed by atoms with Crippen LogP contribution in [-0.4, -0.2) is 12.0 Å². The SMILES string of the molecule is CCCC(C)Oc1ccc2c(c1)oc(=O)c1cc(NC(C)=O)ccc12. The highest BCUT2D eigenvalue weighted by atomic mass is 16.5. The minimum absolute atomic E-state index is 0.106. The molecule has 1 unspecified atom stereocenters. The van der Waals surface area contributed by atoms with Gasteiger partial charge in [0, 0.05) is 29.4 Å². The van der Waals surface area contributed by atoms with Crippen LogP contribution in [0.1, 0.15) is 33.6 Å². The van der Waals surface area contributed by atoms with Crippen molar-refractivity contribution in [3.05, 3.63) is 46.8 Å². The van der Waals surface area contributed by atoms with E-state index in [9.17, 15) is 9.59 Å². The van der Waals surface area contributed by atoms with Crippen LogP contribution in [0.2, 0.25) is 0 Å². The fourth-order valence-corrected chi connectivity index (χ4v) is 2.96. The molecule has 0 aliphatic heterocycles. The van der Waals surface area contributed by atoms with Gasteiger partial charge in [-0.15, -0.1) is 0 Å². The van der Waals surface area contributed by atoms with Crippen LogP contribution >= 0.6 is 0 Å². The zero-order valence-electron chi connectivity index (χ0n) is 14.6. The number of hydrogen-bond acceptors (Lipinski definition) is 4. The topological polar surface area (TPSA) is 68.5 Å². The summed E-state index contributed by atoms with van der Waals surface area (Å²) in [5.41, 5.74) is 0.624. The molecule has 0 aliphatic rings. The van der Waals surface area contributed by atoms with Crippen molar-refractivity contribution in [1.82, 2.24) is 0 Å². The maximum Gasteiger partial charge on any atom is 0.344 e. The van der Waals surface area contributed by atoms with Gasteiger partial charge in [0.25, 0.3) is 0 Å². The third-order valence-electron chi connectivity index (χ3n) is 4.04. The van der Waals surface area contributed by atoms with Gasteiger partial charge in [-0.05, 0) is 37.6 Å². The highest BCUT2D eigenvalue weighted by molar-refractivity contribution is 6.06. The molecule has 0 saturated heterocycles. The quantitative estimate of drug-likeness (QED) is 0.550. The number of hydrogen-bond donors (Lipinski definition) is 1. The predicted octanol–water partition coefficient (Wildman–Crippen LogP) is 4.47. The Labute approximate surface area is 145 Å². The first kappa shape index (κ1) is 17.0. The summed E-state index contributed by atoms with van der Waals surface area (Å²) < 4.78 is 11.3. The first-order valence-corrected chi connectivity index (χ1v) is 8.43. The zero-order valence-corrected chi connectivity index (χ0v) is 14.6. The molecule has 0 spiro atoms. The van der Waals surface area contributed by atoms with Crippen LogP contribution in [0.3, 0.4) is 0 Å². The number of nitrogens with one attached hydrogen (secondary N) is 1. The molecule has 0 bridgehead atoms. The van der Waals surface area contributed by atoms with Crippen LogP contribution in [0, 0.1) is 0 Å². The second-order valence-electron chi connectivity index (χ2n) is 6.21. The van der Waals surface area contributed by atoms with E-state index < -0.39 is 5.63 Å². The van der Waals surface area contributed by atoms with Crippen molar-refractivity contribution >= 4 is 33.3 Å². The van der Waals surface area contributed by atoms with Crippen molar-refractivity contribution in [3.8, 4) is 5.75 Å². The molecule has 0 radical (unpaired) electrons. The molecule has 2 aromatic carbocycles. The predicted molar refractivity (Wildman–Crippen MR) is 99.3 cm³/mol. The van der Waals surface area contributed by atoms with Crippen LogP contribution in [0.25, 0.3) is 21.7 Å². The highest BCUT2D eigenvalue weighted by Crippen LogP contribution is 2.28. The van der Waals surface area contributed by atoms with E-state index in [1.165, 1.54) is 6.92 Å². The number of benzene rings is 2. The number of carbonyl (C=O) groups excluding carboxylic acids is 1. The largest absolute Gasteiger partial charge is 0.491 e. The number of carbonyl (C=O) groups is 1. The van der Waals surface area contributed by atoms with Crippen molar-refractivity contribution in [2.75, 3.05) is 5.32 Å². The Hall–Kier alpha value is -2.82. The third-order valence-corrected chi connectivity index (χ3v) is 4.04. The summed E-state index contributed by atoms with van der Waals surface area (Å²) in [6.07, 6.45) is 2.12. The molecule has 25 heavy (non-hydrogen) atoms. The van der Waals surface area contributed by atoms with Gasteiger partial charge in [0.05, 0.1) is 11.5 Å². The monoisotopic (exact) mass is 339 g/mol. The number of fused-ring (bicyclic) bond motifs is 3. The first-order chi connectivity index (χ1) is 12.0. The maximum atomic E-state index is 12.3. The Bertz CT molecular complexity index is 990. The van der Waals surface area contributed by atoms with E-state index in [0.717, 1.165) is 23.6 Å². The van der Waals surface area contributed by atoms with E-state index in [1.807, 2.05) is 25.1 Å². The van der Waals surface area contributed by atoms with Crippen molar-refractivity contribution in [2.24, 2.45) is 0 Å². The summed E-state index contributed by atoms with van der Waals surface area (Å²) in [5, 5.41) is 4.73. The molecule has 1 N–H and O–H groups in total. The third kappa shape index (κ3) is 3.65. The molecule has 1 amide bonds. The van der Waals surface area contributed by atoms with Crippen LogP contribution in [0.5, 0.6) is 5.75 Å². The van der Waals surface area contributed by atoms with Gasteiger partial charge >= 0.3 is 5.63 Å². The van der Waals surface area contributed by atoms with E-state index in [2.05, 4.69) is 12.2 Å². The normalized spacial score (nSPS) is 12.3. The van der Waals surface area contributed by atoms with Gasteiger partial charge in [-0.2, -0.15) is 0 Å². The molecule has 5 heteroatoms. The van der Waals surface area contributed by atoms with E-state index in [4.69, 9.17) is 9.15 Å². The van der Waals surface area contributed by atoms with Crippen LogP contribution in [0.4, 0.5) is 5.69 Å². The van der Waals surface area contributed by atoms with Crippen molar-refractivity contribution in [3.63, 3.8) is 0 Å². The molecular weight excluding hydrogens is 318 g/mol.